The fourth-order valence-corrected chi connectivity index (χ4v) is 3.91. The summed E-state index contributed by atoms with van der Waals surface area (Å²) in [5, 5.41) is 24.0. The van der Waals surface area contributed by atoms with E-state index in [9.17, 15) is 19.1 Å². The number of carboxylic acids is 1. The predicted octanol–water partition coefficient (Wildman–Crippen LogP) is 3.37. The van der Waals surface area contributed by atoms with Gasteiger partial charge in [-0.15, -0.1) is 0 Å². The molecule has 1 amide bonds. The Morgan fingerprint density at radius 3 is 2.88 bits per heavy atom. The third-order valence-electron chi connectivity index (χ3n) is 5.72. The molecule has 0 bridgehead atoms. The van der Waals surface area contributed by atoms with Gasteiger partial charge in [0.2, 0.25) is 0 Å². The Balaban J connectivity index is 1.39. The third kappa shape index (κ3) is 6.75. The van der Waals surface area contributed by atoms with Gasteiger partial charge in [0.1, 0.15) is 17.7 Å². The van der Waals surface area contributed by atoms with Crippen molar-refractivity contribution in [2.75, 3.05) is 25.1 Å². The van der Waals surface area contributed by atoms with Crippen LogP contribution in [0.4, 0.5) is 10.2 Å². The molecule has 2 heterocycles. The standard InChI is InChI=1S/C25H29FN4O4/c1-16-13-17(15-27)14-20(26)22(16)24(31)30-21(25(32)33)9-12-34-11-3-2-6-19-8-7-18-5-4-10-28-23(18)29-19/h7-8,13-14,21H,2-6,9-12H2,1H3,(H,28,29)(H,30,31)(H,32,33)/t21-/m0/s1. The Morgan fingerprint density at radius 1 is 1.32 bits per heavy atom. The number of aromatic nitrogens is 1. The Hall–Kier alpha value is -3.51. The number of carbonyl (C=O) groups is 2. The third-order valence-corrected chi connectivity index (χ3v) is 5.72. The van der Waals surface area contributed by atoms with Gasteiger partial charge >= 0.3 is 5.97 Å². The van der Waals surface area contributed by atoms with Gasteiger partial charge in [-0.05, 0) is 68.4 Å². The largest absolute Gasteiger partial charge is 0.480 e. The molecule has 34 heavy (non-hydrogen) atoms. The number of benzene rings is 1. The first kappa shape index (κ1) is 25.1. The van der Waals surface area contributed by atoms with Crippen molar-refractivity contribution < 1.29 is 23.8 Å². The average Bonchev–Trinajstić information content (AvgIpc) is 2.81. The van der Waals surface area contributed by atoms with Crippen LogP contribution in [0.25, 0.3) is 0 Å². The zero-order valence-corrected chi connectivity index (χ0v) is 19.2. The molecule has 8 nitrogen and oxygen atoms in total. The molecular formula is C25H29FN4O4. The molecule has 0 spiro atoms. The molecule has 1 aromatic heterocycles. The van der Waals surface area contributed by atoms with Crippen LogP contribution in [-0.2, 0) is 22.4 Å². The van der Waals surface area contributed by atoms with Gasteiger partial charge in [0.25, 0.3) is 5.91 Å². The average molecular weight is 469 g/mol. The van der Waals surface area contributed by atoms with E-state index in [1.54, 1.807) is 0 Å². The lowest BCUT2D eigenvalue weighted by Crippen LogP contribution is -2.42. The number of unbranched alkanes of at least 4 members (excludes halogenated alkanes) is 1. The molecule has 0 unspecified atom stereocenters. The van der Waals surface area contributed by atoms with E-state index in [1.807, 2.05) is 6.07 Å². The minimum absolute atomic E-state index is 0.0517. The van der Waals surface area contributed by atoms with Crippen LogP contribution in [0.2, 0.25) is 0 Å². The number of rotatable bonds is 11. The first-order valence-corrected chi connectivity index (χ1v) is 11.4. The molecule has 2 aromatic rings. The molecule has 180 valence electrons. The zero-order valence-electron chi connectivity index (χ0n) is 19.2. The van der Waals surface area contributed by atoms with E-state index in [1.165, 1.54) is 18.6 Å². The second-order valence-corrected chi connectivity index (χ2v) is 8.32. The first-order valence-electron chi connectivity index (χ1n) is 11.4. The maximum Gasteiger partial charge on any atom is 0.326 e. The second-order valence-electron chi connectivity index (χ2n) is 8.32. The number of nitriles is 1. The molecule has 0 fully saturated rings. The molecule has 0 saturated carbocycles. The Morgan fingerprint density at radius 2 is 2.15 bits per heavy atom. The Kier molecular flexibility index (Phi) is 8.93. The number of halogens is 1. The number of anilines is 1. The summed E-state index contributed by atoms with van der Waals surface area (Å²) in [5.41, 5.74) is 2.38. The number of nitrogens with one attached hydrogen (secondary N) is 2. The summed E-state index contributed by atoms with van der Waals surface area (Å²) in [6.45, 7) is 3.06. The maximum absolute atomic E-state index is 14.2. The summed E-state index contributed by atoms with van der Waals surface area (Å²) >= 11 is 0. The number of carbonyl (C=O) groups excluding carboxylic acids is 1. The number of pyridine rings is 1. The Bertz CT molecular complexity index is 1060. The van der Waals surface area contributed by atoms with Crippen LogP contribution in [0.1, 0.15) is 58.4 Å². The molecule has 0 saturated heterocycles. The SMILES string of the molecule is Cc1cc(C#N)cc(F)c1C(=O)N[C@@H](CCOCCCCc1ccc2c(n1)NCCC2)C(=O)O. The highest BCUT2D eigenvalue weighted by Crippen LogP contribution is 2.20. The molecule has 1 atom stereocenters. The molecule has 1 aliphatic heterocycles. The molecular weight excluding hydrogens is 439 g/mol. The number of fused-ring (bicyclic) bond motifs is 1. The summed E-state index contributed by atoms with van der Waals surface area (Å²) in [5.74, 6) is -1.94. The van der Waals surface area contributed by atoms with Gasteiger partial charge in [-0.2, -0.15) is 5.26 Å². The normalized spacial score (nSPS) is 13.3. The number of hydrogen-bond acceptors (Lipinski definition) is 6. The topological polar surface area (TPSA) is 124 Å². The van der Waals surface area contributed by atoms with Gasteiger partial charge in [-0.25, -0.2) is 14.2 Å². The van der Waals surface area contributed by atoms with Crippen molar-refractivity contribution in [3.63, 3.8) is 0 Å². The van der Waals surface area contributed by atoms with Crippen LogP contribution < -0.4 is 10.6 Å². The van der Waals surface area contributed by atoms with Gasteiger partial charge in [0, 0.05) is 31.9 Å². The molecule has 9 heteroatoms. The lowest BCUT2D eigenvalue weighted by molar-refractivity contribution is -0.139. The summed E-state index contributed by atoms with van der Waals surface area (Å²) < 4.78 is 19.8. The number of hydrogen-bond donors (Lipinski definition) is 3. The molecule has 1 aliphatic rings. The number of carboxylic acid groups (broad SMARTS) is 1. The van der Waals surface area contributed by atoms with Crippen molar-refractivity contribution in [3.05, 3.63) is 58.0 Å². The molecule has 0 radical (unpaired) electrons. The van der Waals surface area contributed by atoms with Crippen molar-refractivity contribution >= 4 is 17.7 Å². The number of ether oxygens (including phenoxy) is 1. The zero-order chi connectivity index (χ0) is 24.5. The monoisotopic (exact) mass is 468 g/mol. The van der Waals surface area contributed by atoms with Crippen molar-refractivity contribution in [2.45, 2.75) is 51.5 Å². The highest BCUT2D eigenvalue weighted by atomic mass is 19.1. The Labute approximate surface area is 198 Å². The fraction of sp³-hybridized carbons (Fsp3) is 0.440. The highest BCUT2D eigenvalue weighted by Gasteiger charge is 2.23. The summed E-state index contributed by atoms with van der Waals surface area (Å²) in [4.78, 5) is 28.7. The van der Waals surface area contributed by atoms with Crippen molar-refractivity contribution in [2.24, 2.45) is 0 Å². The number of nitrogens with zero attached hydrogens (tertiary/aromatic N) is 2. The van der Waals surface area contributed by atoms with E-state index in [-0.39, 0.29) is 29.7 Å². The smallest absolute Gasteiger partial charge is 0.326 e. The number of amides is 1. The van der Waals surface area contributed by atoms with E-state index in [4.69, 9.17) is 10.00 Å². The summed E-state index contributed by atoms with van der Waals surface area (Å²) in [6, 6.07) is 7.13. The van der Waals surface area contributed by atoms with E-state index >= 15 is 0 Å². The van der Waals surface area contributed by atoms with Crippen LogP contribution >= 0.6 is 0 Å². The fourth-order valence-electron chi connectivity index (χ4n) is 3.91. The van der Waals surface area contributed by atoms with E-state index in [0.29, 0.717) is 6.61 Å². The van der Waals surface area contributed by atoms with Gasteiger partial charge in [-0.3, -0.25) is 4.79 Å². The van der Waals surface area contributed by atoms with Crippen molar-refractivity contribution in [1.29, 1.82) is 5.26 Å². The van der Waals surface area contributed by atoms with Crippen LogP contribution in [0.15, 0.2) is 24.3 Å². The minimum atomic E-state index is -1.23. The van der Waals surface area contributed by atoms with E-state index in [0.717, 1.165) is 56.2 Å². The van der Waals surface area contributed by atoms with Crippen LogP contribution in [0, 0.1) is 24.1 Å². The molecule has 3 rings (SSSR count). The lowest BCUT2D eigenvalue weighted by Gasteiger charge is -2.17. The summed E-state index contributed by atoms with van der Waals surface area (Å²) in [6.07, 6.45) is 4.76. The predicted molar refractivity (Wildman–Crippen MR) is 124 cm³/mol. The van der Waals surface area contributed by atoms with E-state index < -0.39 is 23.7 Å². The van der Waals surface area contributed by atoms with Crippen molar-refractivity contribution in [3.8, 4) is 6.07 Å². The lowest BCUT2D eigenvalue weighted by atomic mass is 10.0. The number of aryl methyl sites for hydroxylation is 3. The van der Waals surface area contributed by atoms with Crippen LogP contribution in [-0.4, -0.2) is 47.8 Å². The van der Waals surface area contributed by atoms with Crippen LogP contribution in [0.3, 0.4) is 0 Å². The second kappa shape index (κ2) is 12.1. The quantitative estimate of drug-likeness (QED) is 0.432. The van der Waals surface area contributed by atoms with E-state index in [2.05, 4.69) is 27.8 Å². The van der Waals surface area contributed by atoms with Crippen molar-refractivity contribution in [1.82, 2.24) is 10.3 Å². The summed E-state index contributed by atoms with van der Waals surface area (Å²) in [7, 11) is 0. The van der Waals surface area contributed by atoms with Gasteiger partial charge in [0.05, 0.1) is 17.2 Å². The van der Waals surface area contributed by atoms with Gasteiger partial charge in [0.15, 0.2) is 0 Å². The molecule has 1 aromatic carbocycles. The van der Waals surface area contributed by atoms with Crippen LogP contribution in [0.5, 0.6) is 0 Å². The molecule has 0 aliphatic carbocycles. The van der Waals surface area contributed by atoms with Gasteiger partial charge in [-0.1, -0.05) is 6.07 Å². The minimum Gasteiger partial charge on any atom is -0.480 e. The molecule has 3 N–H and O–H groups in total. The van der Waals surface area contributed by atoms with Gasteiger partial charge < -0.3 is 20.5 Å². The highest BCUT2D eigenvalue weighted by molar-refractivity contribution is 5.98. The number of aliphatic carboxylic acids is 1. The maximum atomic E-state index is 14.2. The first-order chi connectivity index (χ1) is 16.4.